The molecule has 19 heavy (non-hydrogen) atoms. The van der Waals surface area contributed by atoms with Crippen LogP contribution in [0.5, 0.6) is 0 Å². The van der Waals surface area contributed by atoms with Crippen molar-refractivity contribution in [3.8, 4) is 0 Å². The molecular formula is C14H22ClN3O. The van der Waals surface area contributed by atoms with Crippen molar-refractivity contribution in [2.24, 2.45) is 5.92 Å². The highest BCUT2D eigenvalue weighted by Gasteiger charge is 2.11. The summed E-state index contributed by atoms with van der Waals surface area (Å²) in [5.74, 6) is 0.450. The molecule has 0 saturated heterocycles. The maximum Gasteiger partial charge on any atom is 0.239 e. The molecule has 0 bridgehead atoms. The number of aryl methyl sites for hydroxylation is 1. The number of hydrogen-bond acceptors (Lipinski definition) is 3. The van der Waals surface area contributed by atoms with Crippen molar-refractivity contribution in [2.45, 2.75) is 20.8 Å². The summed E-state index contributed by atoms with van der Waals surface area (Å²) in [6.45, 7) is 7.06. The Morgan fingerprint density at radius 2 is 2.11 bits per heavy atom. The van der Waals surface area contributed by atoms with Gasteiger partial charge in [-0.05, 0) is 30.5 Å². The maximum absolute atomic E-state index is 11.8. The van der Waals surface area contributed by atoms with Gasteiger partial charge in [0.25, 0.3) is 0 Å². The number of nitrogens with zero attached hydrogens (tertiary/aromatic N) is 1. The first-order valence-electron chi connectivity index (χ1n) is 6.34. The number of amides is 1. The number of benzene rings is 1. The van der Waals surface area contributed by atoms with E-state index < -0.39 is 0 Å². The van der Waals surface area contributed by atoms with Gasteiger partial charge in [-0.1, -0.05) is 25.4 Å². The lowest BCUT2D eigenvalue weighted by Gasteiger charge is -2.22. The highest BCUT2D eigenvalue weighted by atomic mass is 35.5. The molecule has 3 N–H and O–H groups in total. The Kier molecular flexibility index (Phi) is 5.48. The highest BCUT2D eigenvalue weighted by molar-refractivity contribution is 6.33. The van der Waals surface area contributed by atoms with Crippen LogP contribution >= 0.6 is 11.6 Å². The number of hydrogen-bond donors (Lipinski definition) is 2. The van der Waals surface area contributed by atoms with Crippen molar-refractivity contribution in [2.75, 3.05) is 30.8 Å². The van der Waals surface area contributed by atoms with Crippen molar-refractivity contribution in [1.82, 2.24) is 5.32 Å². The Hall–Kier alpha value is -1.42. The van der Waals surface area contributed by atoms with Crippen LogP contribution in [0, 0.1) is 12.8 Å². The monoisotopic (exact) mass is 283 g/mol. The smallest absolute Gasteiger partial charge is 0.239 e. The molecule has 0 aliphatic carbocycles. The van der Waals surface area contributed by atoms with Gasteiger partial charge in [-0.15, -0.1) is 0 Å². The quantitative estimate of drug-likeness (QED) is 0.816. The molecule has 1 aromatic carbocycles. The molecule has 0 unspecified atom stereocenters. The van der Waals surface area contributed by atoms with Gasteiger partial charge in [-0.25, -0.2) is 0 Å². The third-order valence-electron chi connectivity index (χ3n) is 2.81. The number of anilines is 2. The highest BCUT2D eigenvalue weighted by Crippen LogP contribution is 2.28. The van der Waals surface area contributed by atoms with Crippen LogP contribution in [0.4, 0.5) is 11.4 Å². The van der Waals surface area contributed by atoms with Gasteiger partial charge in [-0.3, -0.25) is 4.79 Å². The number of carbonyl (C=O) groups is 1. The van der Waals surface area contributed by atoms with E-state index >= 15 is 0 Å². The van der Waals surface area contributed by atoms with E-state index in [4.69, 9.17) is 17.3 Å². The summed E-state index contributed by atoms with van der Waals surface area (Å²) < 4.78 is 0. The van der Waals surface area contributed by atoms with Crippen LogP contribution in [0.3, 0.4) is 0 Å². The van der Waals surface area contributed by atoms with Crippen LogP contribution in [-0.2, 0) is 4.79 Å². The molecule has 0 spiro atoms. The molecule has 1 amide bonds. The third-order valence-corrected chi connectivity index (χ3v) is 3.14. The number of nitrogens with one attached hydrogen (secondary N) is 1. The van der Waals surface area contributed by atoms with E-state index in [2.05, 4.69) is 19.2 Å². The zero-order valence-electron chi connectivity index (χ0n) is 12.0. The Morgan fingerprint density at radius 3 is 2.68 bits per heavy atom. The Labute approximate surface area is 119 Å². The third kappa shape index (κ3) is 4.63. The zero-order valence-corrected chi connectivity index (χ0v) is 12.7. The number of nitrogens with two attached hydrogens (primary N) is 1. The average molecular weight is 284 g/mol. The molecule has 0 aliphatic rings. The van der Waals surface area contributed by atoms with Crippen LogP contribution < -0.4 is 16.0 Å². The lowest BCUT2D eigenvalue weighted by Crippen LogP contribution is -2.37. The summed E-state index contributed by atoms with van der Waals surface area (Å²) in [6, 6.07) is 3.61. The summed E-state index contributed by atoms with van der Waals surface area (Å²) in [5.41, 5.74) is 8.21. The first-order valence-corrected chi connectivity index (χ1v) is 6.72. The van der Waals surface area contributed by atoms with Gasteiger partial charge >= 0.3 is 0 Å². The van der Waals surface area contributed by atoms with Gasteiger partial charge in [-0.2, -0.15) is 0 Å². The minimum atomic E-state index is 0.00328. The summed E-state index contributed by atoms with van der Waals surface area (Å²) in [7, 11) is 1.86. The van der Waals surface area contributed by atoms with Crippen molar-refractivity contribution >= 4 is 28.9 Å². The topological polar surface area (TPSA) is 58.4 Å². The SMILES string of the molecule is Cc1cc(N)c(Cl)cc1N(C)CC(=O)NCC(C)C. The number of halogens is 1. The number of rotatable bonds is 5. The summed E-state index contributed by atoms with van der Waals surface area (Å²) in [6.07, 6.45) is 0. The molecule has 1 aromatic rings. The number of nitrogen functional groups attached to an aromatic ring is 1. The minimum absolute atomic E-state index is 0.00328. The fourth-order valence-corrected chi connectivity index (χ4v) is 1.94. The summed E-state index contributed by atoms with van der Waals surface area (Å²) in [5, 5.41) is 3.40. The van der Waals surface area contributed by atoms with Gasteiger partial charge in [0.2, 0.25) is 5.91 Å². The summed E-state index contributed by atoms with van der Waals surface area (Å²) in [4.78, 5) is 13.7. The molecule has 0 aliphatic heterocycles. The van der Waals surface area contributed by atoms with Crippen molar-refractivity contribution < 1.29 is 4.79 Å². The van der Waals surface area contributed by atoms with Crippen molar-refractivity contribution in [1.29, 1.82) is 0 Å². The predicted octanol–water partition coefficient (Wildman–Crippen LogP) is 2.44. The molecular weight excluding hydrogens is 262 g/mol. The molecule has 5 heteroatoms. The molecule has 1 rings (SSSR count). The van der Waals surface area contributed by atoms with E-state index in [9.17, 15) is 4.79 Å². The molecule has 0 heterocycles. The van der Waals surface area contributed by atoms with E-state index in [1.165, 1.54) is 0 Å². The van der Waals surface area contributed by atoms with Crippen LogP contribution in [0.2, 0.25) is 5.02 Å². The maximum atomic E-state index is 11.8. The van der Waals surface area contributed by atoms with Crippen molar-refractivity contribution in [3.05, 3.63) is 22.7 Å². The Morgan fingerprint density at radius 1 is 1.47 bits per heavy atom. The van der Waals surface area contributed by atoms with E-state index in [1.54, 1.807) is 6.07 Å². The van der Waals surface area contributed by atoms with Crippen LogP contribution in [0.25, 0.3) is 0 Å². The predicted molar refractivity (Wildman–Crippen MR) is 81.7 cm³/mol. The minimum Gasteiger partial charge on any atom is -0.398 e. The van der Waals surface area contributed by atoms with Gasteiger partial charge in [0, 0.05) is 19.3 Å². The van der Waals surface area contributed by atoms with Crippen LogP contribution in [0.15, 0.2) is 12.1 Å². The molecule has 0 aromatic heterocycles. The molecule has 4 nitrogen and oxygen atoms in total. The van der Waals surface area contributed by atoms with Gasteiger partial charge in [0.05, 0.1) is 17.3 Å². The lowest BCUT2D eigenvalue weighted by molar-refractivity contribution is -0.119. The second kappa shape index (κ2) is 6.66. The fraction of sp³-hybridized carbons (Fsp3) is 0.500. The van der Waals surface area contributed by atoms with Crippen LogP contribution in [-0.4, -0.2) is 26.0 Å². The molecule has 0 radical (unpaired) electrons. The van der Waals surface area contributed by atoms with E-state index in [0.29, 0.717) is 29.7 Å². The molecule has 0 saturated carbocycles. The first-order chi connectivity index (χ1) is 8.81. The second-order valence-electron chi connectivity index (χ2n) is 5.21. The van der Waals surface area contributed by atoms with Crippen LogP contribution in [0.1, 0.15) is 19.4 Å². The second-order valence-corrected chi connectivity index (χ2v) is 5.62. The standard InChI is InChI=1S/C14H22ClN3O/c1-9(2)7-17-14(19)8-18(4)13-6-11(15)12(16)5-10(13)3/h5-6,9H,7-8,16H2,1-4H3,(H,17,19). The lowest BCUT2D eigenvalue weighted by atomic mass is 10.1. The Bertz CT molecular complexity index is 460. The Balaban J connectivity index is 2.70. The van der Waals surface area contributed by atoms with Crippen molar-refractivity contribution in [3.63, 3.8) is 0 Å². The number of likely N-dealkylation sites (N-methyl/N-ethyl adjacent to an activating group) is 1. The normalized spacial score (nSPS) is 10.6. The number of carbonyl (C=O) groups excluding carboxylic acids is 1. The largest absolute Gasteiger partial charge is 0.398 e. The van der Waals surface area contributed by atoms with Gasteiger partial charge in [0.15, 0.2) is 0 Å². The average Bonchev–Trinajstić information content (AvgIpc) is 2.31. The first kappa shape index (κ1) is 15.6. The summed E-state index contributed by atoms with van der Waals surface area (Å²) >= 11 is 6.02. The van der Waals surface area contributed by atoms with Gasteiger partial charge < -0.3 is 16.0 Å². The van der Waals surface area contributed by atoms with E-state index in [1.807, 2.05) is 24.9 Å². The molecule has 0 fully saturated rings. The van der Waals surface area contributed by atoms with E-state index in [0.717, 1.165) is 11.3 Å². The fourth-order valence-electron chi connectivity index (χ4n) is 1.78. The van der Waals surface area contributed by atoms with Gasteiger partial charge in [0.1, 0.15) is 0 Å². The van der Waals surface area contributed by atoms with E-state index in [-0.39, 0.29) is 5.91 Å². The zero-order chi connectivity index (χ0) is 14.6. The molecule has 106 valence electrons. The molecule has 0 atom stereocenters.